The van der Waals surface area contributed by atoms with Gasteiger partial charge in [0.1, 0.15) is 5.76 Å². The molecule has 0 fully saturated rings. The predicted octanol–water partition coefficient (Wildman–Crippen LogP) is 2.17. The molecule has 0 aromatic rings. The van der Waals surface area contributed by atoms with Gasteiger partial charge in [0.05, 0.1) is 12.6 Å². The van der Waals surface area contributed by atoms with Crippen LogP contribution in [0.25, 0.3) is 0 Å². The number of rotatable bonds is 4. The van der Waals surface area contributed by atoms with Gasteiger partial charge in [-0.25, -0.2) is 0 Å². The van der Waals surface area contributed by atoms with E-state index >= 15 is 0 Å². The Kier molecular flexibility index (Phi) is 3.79. The summed E-state index contributed by atoms with van der Waals surface area (Å²) in [6.45, 7) is 7.64. The summed E-state index contributed by atoms with van der Waals surface area (Å²) in [7, 11) is 2.01. The Bertz CT molecular complexity index is 187. The minimum Gasteiger partial charge on any atom is -0.496 e. The maximum Gasteiger partial charge on any atom is 0.109 e. The van der Waals surface area contributed by atoms with E-state index in [-0.39, 0.29) is 0 Å². The highest BCUT2D eigenvalue weighted by atomic mass is 16.5. The van der Waals surface area contributed by atoms with Crippen LogP contribution in [0.15, 0.2) is 11.8 Å². The van der Waals surface area contributed by atoms with Gasteiger partial charge in [-0.15, -0.1) is 0 Å². The van der Waals surface area contributed by atoms with E-state index in [4.69, 9.17) is 4.74 Å². The minimum atomic E-state index is 0.391. The van der Waals surface area contributed by atoms with Crippen LogP contribution in [-0.2, 0) is 4.74 Å². The summed E-state index contributed by atoms with van der Waals surface area (Å²) >= 11 is 0. The highest BCUT2D eigenvalue weighted by Gasteiger charge is 2.25. The lowest BCUT2D eigenvalue weighted by molar-refractivity contribution is 0.186. The first kappa shape index (κ1) is 10.6. The Morgan fingerprint density at radius 2 is 2.08 bits per heavy atom. The molecule has 1 N–H and O–H groups in total. The zero-order chi connectivity index (χ0) is 9.84. The predicted molar refractivity (Wildman–Crippen MR) is 55.5 cm³/mol. The first-order chi connectivity index (χ1) is 6.16. The monoisotopic (exact) mass is 183 g/mol. The molecular formula is C11H21NO. The van der Waals surface area contributed by atoms with Crippen LogP contribution in [0, 0.1) is 11.8 Å². The van der Waals surface area contributed by atoms with Gasteiger partial charge < -0.3 is 10.1 Å². The van der Waals surface area contributed by atoms with Crippen molar-refractivity contribution >= 4 is 0 Å². The molecule has 0 saturated carbocycles. The van der Waals surface area contributed by atoms with Crippen molar-refractivity contribution in [3.8, 4) is 0 Å². The molecule has 2 heteroatoms. The van der Waals surface area contributed by atoms with Crippen molar-refractivity contribution in [2.24, 2.45) is 11.8 Å². The summed E-state index contributed by atoms with van der Waals surface area (Å²) in [5.74, 6) is 2.45. The fourth-order valence-corrected chi connectivity index (χ4v) is 1.70. The highest BCUT2D eigenvalue weighted by Crippen LogP contribution is 2.23. The number of hydrogen-bond donors (Lipinski definition) is 1. The number of likely N-dealkylation sites (N-methyl/N-ethyl adjacent to an activating group) is 1. The highest BCUT2D eigenvalue weighted by molar-refractivity contribution is 5.08. The molecule has 0 spiro atoms. The molecule has 2 atom stereocenters. The number of nitrogens with one attached hydrogen (secondary N) is 1. The molecule has 0 aromatic heterocycles. The molecule has 13 heavy (non-hydrogen) atoms. The summed E-state index contributed by atoms with van der Waals surface area (Å²) in [6, 6.07) is 0.391. The van der Waals surface area contributed by atoms with Crippen LogP contribution in [0.3, 0.4) is 0 Å². The fraction of sp³-hybridized carbons (Fsp3) is 0.818. The fourth-order valence-electron chi connectivity index (χ4n) is 1.70. The first-order valence-electron chi connectivity index (χ1n) is 5.17. The van der Waals surface area contributed by atoms with Crippen LogP contribution in [0.4, 0.5) is 0 Å². The second kappa shape index (κ2) is 4.66. The van der Waals surface area contributed by atoms with E-state index in [0.717, 1.165) is 18.8 Å². The second-order valence-corrected chi connectivity index (χ2v) is 4.11. The van der Waals surface area contributed by atoms with Gasteiger partial charge in [0.2, 0.25) is 0 Å². The van der Waals surface area contributed by atoms with Gasteiger partial charge in [-0.05, 0) is 25.0 Å². The van der Waals surface area contributed by atoms with Crippen LogP contribution < -0.4 is 5.32 Å². The third-order valence-corrected chi connectivity index (χ3v) is 2.93. The quantitative estimate of drug-likeness (QED) is 0.721. The molecular weight excluding hydrogens is 162 g/mol. The van der Waals surface area contributed by atoms with E-state index in [2.05, 4.69) is 32.2 Å². The van der Waals surface area contributed by atoms with Crippen molar-refractivity contribution < 1.29 is 4.74 Å². The first-order valence-corrected chi connectivity index (χ1v) is 5.17. The van der Waals surface area contributed by atoms with Crippen LogP contribution in [0.2, 0.25) is 0 Å². The lowest BCUT2D eigenvalue weighted by Gasteiger charge is -2.27. The molecule has 1 rings (SSSR count). The van der Waals surface area contributed by atoms with Crippen molar-refractivity contribution in [1.82, 2.24) is 5.32 Å². The molecule has 1 heterocycles. The van der Waals surface area contributed by atoms with Crippen LogP contribution in [0.1, 0.15) is 27.2 Å². The summed E-state index contributed by atoms with van der Waals surface area (Å²) in [5.41, 5.74) is 0. The van der Waals surface area contributed by atoms with E-state index in [1.165, 1.54) is 0 Å². The molecule has 0 saturated heterocycles. The van der Waals surface area contributed by atoms with Crippen LogP contribution in [0.5, 0.6) is 0 Å². The Balaban J connectivity index is 2.60. The van der Waals surface area contributed by atoms with Crippen molar-refractivity contribution in [3.05, 3.63) is 11.8 Å². The standard InChI is InChI=1S/C11H21NO/c1-8(2)9(3)11(12-4)10-6-5-7-13-10/h6,8-9,11-12H,5,7H2,1-4H3. The van der Waals surface area contributed by atoms with Crippen molar-refractivity contribution in [2.45, 2.75) is 33.2 Å². The normalized spacial score (nSPS) is 21.2. The molecule has 0 aliphatic carbocycles. The summed E-state index contributed by atoms with van der Waals surface area (Å²) < 4.78 is 5.58. The Morgan fingerprint density at radius 1 is 1.38 bits per heavy atom. The van der Waals surface area contributed by atoms with Gasteiger partial charge >= 0.3 is 0 Å². The molecule has 1 aliphatic heterocycles. The van der Waals surface area contributed by atoms with Crippen LogP contribution >= 0.6 is 0 Å². The SMILES string of the molecule is CNC(C1=CCCO1)C(C)C(C)C. The zero-order valence-corrected chi connectivity index (χ0v) is 9.13. The van der Waals surface area contributed by atoms with E-state index < -0.39 is 0 Å². The third kappa shape index (κ3) is 2.47. The second-order valence-electron chi connectivity index (χ2n) is 4.11. The lowest BCUT2D eigenvalue weighted by Crippen LogP contribution is -2.36. The molecule has 0 amide bonds. The Morgan fingerprint density at radius 3 is 2.46 bits per heavy atom. The summed E-state index contributed by atoms with van der Waals surface area (Å²) in [5, 5.41) is 3.33. The Hall–Kier alpha value is -0.500. The Labute approximate surface area is 81.4 Å². The average Bonchev–Trinajstić information content (AvgIpc) is 2.58. The van der Waals surface area contributed by atoms with Crippen LogP contribution in [-0.4, -0.2) is 19.7 Å². The van der Waals surface area contributed by atoms with E-state index in [9.17, 15) is 0 Å². The minimum absolute atomic E-state index is 0.391. The molecule has 2 nitrogen and oxygen atoms in total. The topological polar surface area (TPSA) is 21.3 Å². The number of hydrogen-bond acceptors (Lipinski definition) is 2. The van der Waals surface area contributed by atoms with Crippen molar-refractivity contribution in [3.63, 3.8) is 0 Å². The van der Waals surface area contributed by atoms with Gasteiger partial charge in [-0.1, -0.05) is 20.8 Å². The maximum absolute atomic E-state index is 5.58. The lowest BCUT2D eigenvalue weighted by atomic mass is 9.89. The molecule has 0 bridgehead atoms. The molecule has 76 valence electrons. The zero-order valence-electron chi connectivity index (χ0n) is 9.13. The van der Waals surface area contributed by atoms with E-state index in [0.29, 0.717) is 17.9 Å². The van der Waals surface area contributed by atoms with E-state index in [1.807, 2.05) is 7.05 Å². The summed E-state index contributed by atoms with van der Waals surface area (Å²) in [4.78, 5) is 0. The average molecular weight is 183 g/mol. The molecule has 2 unspecified atom stereocenters. The largest absolute Gasteiger partial charge is 0.496 e. The molecule has 1 aliphatic rings. The third-order valence-electron chi connectivity index (χ3n) is 2.93. The molecule has 0 aromatic carbocycles. The number of ether oxygens (including phenoxy) is 1. The van der Waals surface area contributed by atoms with Gasteiger partial charge in [0, 0.05) is 6.42 Å². The van der Waals surface area contributed by atoms with E-state index in [1.54, 1.807) is 0 Å². The van der Waals surface area contributed by atoms with Gasteiger partial charge in [-0.3, -0.25) is 0 Å². The molecule has 0 radical (unpaired) electrons. The smallest absolute Gasteiger partial charge is 0.109 e. The van der Waals surface area contributed by atoms with Crippen molar-refractivity contribution in [2.75, 3.05) is 13.7 Å². The van der Waals surface area contributed by atoms with Gasteiger partial charge in [-0.2, -0.15) is 0 Å². The van der Waals surface area contributed by atoms with Gasteiger partial charge in [0.15, 0.2) is 0 Å². The van der Waals surface area contributed by atoms with Crippen molar-refractivity contribution in [1.29, 1.82) is 0 Å². The maximum atomic E-state index is 5.58. The van der Waals surface area contributed by atoms with Gasteiger partial charge in [0.25, 0.3) is 0 Å². The summed E-state index contributed by atoms with van der Waals surface area (Å²) in [6.07, 6.45) is 3.28.